The summed E-state index contributed by atoms with van der Waals surface area (Å²) in [7, 11) is 0. The van der Waals surface area contributed by atoms with Gasteiger partial charge in [0, 0.05) is 28.9 Å². The van der Waals surface area contributed by atoms with E-state index in [9.17, 15) is 0 Å². The van der Waals surface area contributed by atoms with Crippen LogP contribution in [0, 0.1) is 13.8 Å². The molecule has 0 aliphatic rings. The number of rotatable bonds is 5. The van der Waals surface area contributed by atoms with Crippen molar-refractivity contribution in [3.63, 3.8) is 0 Å². The van der Waals surface area contributed by atoms with Gasteiger partial charge < -0.3 is 4.57 Å². The molecule has 0 aliphatic carbocycles. The van der Waals surface area contributed by atoms with Crippen molar-refractivity contribution in [3.8, 4) is 16.8 Å². The second-order valence-electron chi connectivity index (χ2n) is 7.32. The normalized spacial score (nSPS) is 11.3. The van der Waals surface area contributed by atoms with E-state index in [-0.39, 0.29) is 0 Å². The predicted octanol–water partition coefficient (Wildman–Crippen LogP) is 7.07. The van der Waals surface area contributed by atoms with Crippen LogP contribution < -0.4 is 0 Å². The van der Waals surface area contributed by atoms with Gasteiger partial charge in [-0.1, -0.05) is 67.6 Å². The molecule has 0 bridgehead atoms. The first-order valence-electron chi connectivity index (χ1n) is 10.1. The Morgan fingerprint density at radius 3 is 2.17 bits per heavy atom. The van der Waals surface area contributed by atoms with Crippen LogP contribution in [0.1, 0.15) is 29.4 Å². The van der Waals surface area contributed by atoms with E-state index in [0.29, 0.717) is 0 Å². The first kappa shape index (κ1) is 18.9. The maximum Gasteiger partial charge on any atom is 0.0630 e. The minimum absolute atomic E-state index is 0.962. The highest BCUT2D eigenvalue weighted by Gasteiger charge is 2.11. The molecule has 2 nitrogen and oxygen atoms in total. The number of benzene rings is 3. The third kappa shape index (κ3) is 3.93. The molecule has 2 heteroatoms. The zero-order chi connectivity index (χ0) is 20.2. The minimum Gasteiger partial charge on any atom is -0.318 e. The summed E-state index contributed by atoms with van der Waals surface area (Å²) < 4.78 is 2.33. The van der Waals surface area contributed by atoms with E-state index < -0.39 is 0 Å². The van der Waals surface area contributed by atoms with E-state index in [1.54, 1.807) is 0 Å². The number of para-hydroxylation sites is 1. The van der Waals surface area contributed by atoms with Gasteiger partial charge in [-0.15, -0.1) is 0 Å². The van der Waals surface area contributed by atoms with Gasteiger partial charge in [0.2, 0.25) is 0 Å². The summed E-state index contributed by atoms with van der Waals surface area (Å²) in [6, 6.07) is 29.7. The highest BCUT2D eigenvalue weighted by Crippen LogP contribution is 2.25. The van der Waals surface area contributed by atoms with Crippen LogP contribution in [0.25, 0.3) is 16.8 Å². The Bertz CT molecular complexity index is 1130. The molecule has 4 aromatic rings. The highest BCUT2D eigenvalue weighted by atomic mass is 15.0. The van der Waals surface area contributed by atoms with Crippen molar-refractivity contribution in [2.75, 3.05) is 0 Å². The fourth-order valence-electron chi connectivity index (χ4n) is 3.83. The lowest BCUT2D eigenvalue weighted by Gasteiger charge is -2.13. The van der Waals surface area contributed by atoms with Crippen LogP contribution in [0.3, 0.4) is 0 Å². The summed E-state index contributed by atoms with van der Waals surface area (Å²) in [6.45, 7) is 6.53. The summed E-state index contributed by atoms with van der Waals surface area (Å²) in [5, 5.41) is 0. The molecule has 144 valence electrons. The van der Waals surface area contributed by atoms with Crippen LogP contribution in [0.2, 0.25) is 0 Å². The molecule has 0 aliphatic heterocycles. The standard InChI is InChI=1S/C27H26N2/c1-4-22-10-8-9-13-27(22)29-20(2)18-25(21(29)3)19-28-26-16-14-24(15-17-26)23-11-6-5-7-12-23/h5-19H,4H2,1-3H3. The molecule has 0 amide bonds. The largest absolute Gasteiger partial charge is 0.318 e. The molecule has 0 fully saturated rings. The smallest absolute Gasteiger partial charge is 0.0630 e. The molecular weight excluding hydrogens is 352 g/mol. The number of aliphatic imine (C=N–C) groups is 1. The maximum absolute atomic E-state index is 4.72. The van der Waals surface area contributed by atoms with Crippen molar-refractivity contribution in [2.45, 2.75) is 27.2 Å². The van der Waals surface area contributed by atoms with Gasteiger partial charge in [0.05, 0.1) is 5.69 Å². The third-order valence-electron chi connectivity index (χ3n) is 5.41. The summed E-state index contributed by atoms with van der Waals surface area (Å²) in [5.74, 6) is 0. The van der Waals surface area contributed by atoms with Crippen LogP contribution >= 0.6 is 0 Å². The Morgan fingerprint density at radius 1 is 0.793 bits per heavy atom. The van der Waals surface area contributed by atoms with Gasteiger partial charge in [0.25, 0.3) is 0 Å². The second-order valence-corrected chi connectivity index (χ2v) is 7.32. The molecular formula is C27H26N2. The van der Waals surface area contributed by atoms with Crippen molar-refractivity contribution >= 4 is 11.9 Å². The molecule has 0 unspecified atom stereocenters. The quantitative estimate of drug-likeness (QED) is 0.330. The molecule has 0 radical (unpaired) electrons. The topological polar surface area (TPSA) is 17.3 Å². The van der Waals surface area contributed by atoms with Crippen molar-refractivity contribution in [3.05, 3.63) is 107 Å². The summed E-state index contributed by atoms with van der Waals surface area (Å²) in [4.78, 5) is 4.72. The molecule has 1 aromatic heterocycles. The number of nitrogens with zero attached hydrogens (tertiary/aromatic N) is 2. The van der Waals surface area contributed by atoms with E-state index in [1.807, 2.05) is 12.3 Å². The van der Waals surface area contributed by atoms with Crippen molar-refractivity contribution in [2.24, 2.45) is 4.99 Å². The van der Waals surface area contributed by atoms with Gasteiger partial charge in [0.1, 0.15) is 0 Å². The second kappa shape index (κ2) is 8.32. The predicted molar refractivity (Wildman–Crippen MR) is 124 cm³/mol. The minimum atomic E-state index is 0.962. The molecule has 0 N–H and O–H groups in total. The summed E-state index contributed by atoms with van der Waals surface area (Å²) in [6.07, 6.45) is 3.00. The average Bonchev–Trinajstić information content (AvgIpc) is 3.06. The number of aryl methyl sites for hydroxylation is 2. The van der Waals surface area contributed by atoms with Gasteiger partial charge in [0.15, 0.2) is 0 Å². The van der Waals surface area contributed by atoms with Gasteiger partial charge in [-0.05, 0) is 61.2 Å². The van der Waals surface area contributed by atoms with E-state index in [2.05, 4.69) is 104 Å². The van der Waals surface area contributed by atoms with Crippen LogP contribution in [0.15, 0.2) is 89.9 Å². The Balaban J connectivity index is 1.61. The van der Waals surface area contributed by atoms with Crippen molar-refractivity contribution in [1.82, 2.24) is 4.57 Å². The lowest BCUT2D eigenvalue weighted by molar-refractivity contribution is 0.937. The maximum atomic E-state index is 4.72. The molecule has 0 spiro atoms. The van der Waals surface area contributed by atoms with E-state index in [4.69, 9.17) is 4.99 Å². The van der Waals surface area contributed by atoms with Gasteiger partial charge in [-0.3, -0.25) is 4.99 Å². The van der Waals surface area contributed by atoms with Gasteiger partial charge in [-0.2, -0.15) is 0 Å². The molecule has 3 aromatic carbocycles. The molecule has 1 heterocycles. The Morgan fingerprint density at radius 2 is 1.45 bits per heavy atom. The molecule has 29 heavy (non-hydrogen) atoms. The first-order chi connectivity index (χ1) is 14.2. The fourth-order valence-corrected chi connectivity index (χ4v) is 3.83. The van der Waals surface area contributed by atoms with Crippen LogP contribution in [0.4, 0.5) is 5.69 Å². The van der Waals surface area contributed by atoms with Crippen molar-refractivity contribution in [1.29, 1.82) is 0 Å². The number of aromatic nitrogens is 1. The van der Waals surface area contributed by atoms with Gasteiger partial charge in [-0.25, -0.2) is 0 Å². The molecule has 0 saturated heterocycles. The summed E-state index contributed by atoms with van der Waals surface area (Å²) in [5.41, 5.74) is 9.60. The van der Waals surface area contributed by atoms with Gasteiger partial charge >= 0.3 is 0 Å². The lowest BCUT2D eigenvalue weighted by atomic mass is 10.1. The fraction of sp³-hybridized carbons (Fsp3) is 0.148. The van der Waals surface area contributed by atoms with E-state index in [0.717, 1.165) is 17.7 Å². The Kier molecular flexibility index (Phi) is 5.44. The zero-order valence-electron chi connectivity index (χ0n) is 17.3. The number of hydrogen-bond acceptors (Lipinski definition) is 1. The van der Waals surface area contributed by atoms with Crippen molar-refractivity contribution < 1.29 is 0 Å². The first-order valence-corrected chi connectivity index (χ1v) is 10.1. The average molecular weight is 379 g/mol. The molecule has 4 rings (SSSR count). The lowest BCUT2D eigenvalue weighted by Crippen LogP contribution is -2.03. The Labute approximate surface area is 173 Å². The molecule has 0 atom stereocenters. The van der Waals surface area contributed by atoms with Crippen LogP contribution in [-0.4, -0.2) is 10.8 Å². The van der Waals surface area contributed by atoms with E-state index >= 15 is 0 Å². The van der Waals surface area contributed by atoms with E-state index in [1.165, 1.54) is 33.8 Å². The zero-order valence-corrected chi connectivity index (χ0v) is 17.3. The monoisotopic (exact) mass is 378 g/mol. The summed E-state index contributed by atoms with van der Waals surface area (Å²) >= 11 is 0. The Hall–Kier alpha value is -3.39. The molecule has 0 saturated carbocycles. The third-order valence-corrected chi connectivity index (χ3v) is 5.41. The van der Waals surface area contributed by atoms with Crippen LogP contribution in [-0.2, 0) is 6.42 Å². The number of hydrogen-bond donors (Lipinski definition) is 0. The highest BCUT2D eigenvalue weighted by molar-refractivity contribution is 5.84. The van der Waals surface area contributed by atoms with Crippen LogP contribution in [0.5, 0.6) is 0 Å². The SMILES string of the molecule is CCc1ccccc1-n1c(C)cc(C=Nc2ccc(-c3ccccc3)cc2)c1C.